The molecule has 12 heavy (non-hydrogen) atoms. The van der Waals surface area contributed by atoms with Crippen LogP contribution in [0.1, 0.15) is 30.6 Å². The van der Waals surface area contributed by atoms with Gasteiger partial charge in [-0.25, -0.2) is 0 Å². The molecule has 1 fully saturated rings. The van der Waals surface area contributed by atoms with Crippen LogP contribution in [-0.2, 0) is 0 Å². The monoisotopic (exact) mass is 185 g/mol. The number of rotatable bonds is 2. The van der Waals surface area contributed by atoms with Gasteiger partial charge in [-0.2, -0.15) is 16.7 Å². The van der Waals surface area contributed by atoms with E-state index < -0.39 is 0 Å². The topological polar surface area (TPSA) is 64.9 Å². The van der Waals surface area contributed by atoms with Crippen LogP contribution < -0.4 is 5.73 Å². The number of hydrogen-bond acceptors (Lipinski definition) is 5. The van der Waals surface area contributed by atoms with Gasteiger partial charge in [-0.3, -0.25) is 0 Å². The standard InChI is InChI=1S/C7H11N3OS/c1-4(8)7-9-6(10-11-7)5-2-12-3-5/h4-5H,2-3,8H2,1H3. The van der Waals surface area contributed by atoms with Crippen LogP contribution in [-0.4, -0.2) is 21.6 Å². The van der Waals surface area contributed by atoms with Crippen LogP contribution in [0, 0.1) is 0 Å². The molecular weight excluding hydrogens is 174 g/mol. The molecule has 0 aliphatic carbocycles. The van der Waals surface area contributed by atoms with E-state index in [1.165, 1.54) is 0 Å². The van der Waals surface area contributed by atoms with Gasteiger partial charge in [0.25, 0.3) is 0 Å². The lowest BCUT2D eigenvalue weighted by Gasteiger charge is -2.20. The zero-order valence-corrected chi connectivity index (χ0v) is 7.67. The minimum atomic E-state index is -0.154. The molecule has 2 N–H and O–H groups in total. The Hall–Kier alpha value is -0.550. The highest BCUT2D eigenvalue weighted by atomic mass is 32.2. The number of aromatic nitrogens is 2. The van der Waals surface area contributed by atoms with E-state index >= 15 is 0 Å². The van der Waals surface area contributed by atoms with Crippen molar-refractivity contribution >= 4 is 11.8 Å². The Morgan fingerprint density at radius 3 is 2.83 bits per heavy atom. The minimum absolute atomic E-state index is 0.154. The molecule has 4 nitrogen and oxygen atoms in total. The van der Waals surface area contributed by atoms with Gasteiger partial charge in [0, 0.05) is 17.4 Å². The van der Waals surface area contributed by atoms with Crippen molar-refractivity contribution in [3.8, 4) is 0 Å². The molecule has 0 bridgehead atoms. The van der Waals surface area contributed by atoms with Crippen molar-refractivity contribution in [1.82, 2.24) is 10.1 Å². The van der Waals surface area contributed by atoms with Crippen LogP contribution in [0.5, 0.6) is 0 Å². The van der Waals surface area contributed by atoms with Crippen molar-refractivity contribution in [1.29, 1.82) is 0 Å². The maximum atomic E-state index is 5.59. The molecule has 1 aliphatic heterocycles. The number of nitrogens with zero attached hydrogens (tertiary/aromatic N) is 2. The van der Waals surface area contributed by atoms with Gasteiger partial charge in [0.1, 0.15) is 0 Å². The van der Waals surface area contributed by atoms with E-state index in [4.69, 9.17) is 10.3 Å². The molecule has 0 radical (unpaired) electrons. The van der Waals surface area contributed by atoms with E-state index in [1.807, 2.05) is 18.7 Å². The van der Waals surface area contributed by atoms with Crippen LogP contribution in [0.4, 0.5) is 0 Å². The first kappa shape index (κ1) is 8.07. The lowest BCUT2D eigenvalue weighted by Crippen LogP contribution is -2.17. The largest absolute Gasteiger partial charge is 0.338 e. The molecule has 5 heteroatoms. The summed E-state index contributed by atoms with van der Waals surface area (Å²) in [7, 11) is 0. The first-order valence-electron chi connectivity index (χ1n) is 3.94. The quantitative estimate of drug-likeness (QED) is 0.742. The molecule has 1 aromatic rings. The fourth-order valence-electron chi connectivity index (χ4n) is 0.983. The first-order chi connectivity index (χ1) is 5.77. The highest BCUT2D eigenvalue weighted by Gasteiger charge is 2.25. The van der Waals surface area contributed by atoms with Crippen molar-refractivity contribution in [2.45, 2.75) is 18.9 Å². The number of hydrogen-bond donors (Lipinski definition) is 1. The Morgan fingerprint density at radius 1 is 1.67 bits per heavy atom. The predicted octanol–water partition coefficient (Wildman–Crippen LogP) is 0.920. The molecule has 2 rings (SSSR count). The van der Waals surface area contributed by atoms with Gasteiger partial charge in [0.2, 0.25) is 5.89 Å². The van der Waals surface area contributed by atoms with Gasteiger partial charge in [0.05, 0.1) is 6.04 Å². The fraction of sp³-hybridized carbons (Fsp3) is 0.714. The average Bonchev–Trinajstić information content (AvgIpc) is 2.32. The normalized spacial score (nSPS) is 20.5. The average molecular weight is 185 g/mol. The highest BCUT2D eigenvalue weighted by Crippen LogP contribution is 2.32. The van der Waals surface area contributed by atoms with Crippen LogP contribution in [0.3, 0.4) is 0 Å². The lowest BCUT2D eigenvalue weighted by molar-refractivity contribution is 0.355. The maximum Gasteiger partial charge on any atom is 0.243 e. The van der Waals surface area contributed by atoms with Crippen molar-refractivity contribution in [2.24, 2.45) is 5.73 Å². The summed E-state index contributed by atoms with van der Waals surface area (Å²) in [5.41, 5.74) is 5.59. The first-order valence-corrected chi connectivity index (χ1v) is 5.09. The van der Waals surface area contributed by atoms with Crippen molar-refractivity contribution in [2.75, 3.05) is 11.5 Å². The Labute approximate surface area is 74.9 Å². The molecule has 1 unspecified atom stereocenters. The van der Waals surface area contributed by atoms with E-state index in [1.54, 1.807) is 0 Å². The summed E-state index contributed by atoms with van der Waals surface area (Å²) >= 11 is 1.90. The summed E-state index contributed by atoms with van der Waals surface area (Å²) < 4.78 is 4.99. The van der Waals surface area contributed by atoms with Gasteiger partial charge in [0.15, 0.2) is 5.82 Å². The van der Waals surface area contributed by atoms with Crippen LogP contribution in [0.15, 0.2) is 4.52 Å². The molecule has 2 heterocycles. The zero-order chi connectivity index (χ0) is 8.55. The predicted molar refractivity (Wildman–Crippen MR) is 47.0 cm³/mol. The molecule has 1 aliphatic rings. The molecule has 0 saturated carbocycles. The summed E-state index contributed by atoms with van der Waals surface area (Å²) in [6.07, 6.45) is 0. The summed E-state index contributed by atoms with van der Waals surface area (Å²) in [5, 5.41) is 3.88. The SMILES string of the molecule is CC(N)c1nc(C2CSC2)no1. The molecular formula is C7H11N3OS. The summed E-state index contributed by atoms with van der Waals surface area (Å²) in [6.45, 7) is 1.84. The van der Waals surface area contributed by atoms with E-state index in [-0.39, 0.29) is 6.04 Å². The molecule has 66 valence electrons. The molecule has 1 aromatic heterocycles. The second-order valence-corrected chi connectivity index (χ2v) is 4.09. The second kappa shape index (κ2) is 3.06. The molecule has 1 saturated heterocycles. The number of nitrogens with two attached hydrogens (primary N) is 1. The Bertz CT molecular complexity index is 269. The van der Waals surface area contributed by atoms with Crippen LogP contribution in [0.25, 0.3) is 0 Å². The van der Waals surface area contributed by atoms with E-state index in [0.29, 0.717) is 11.8 Å². The van der Waals surface area contributed by atoms with Gasteiger partial charge in [-0.1, -0.05) is 5.16 Å². The van der Waals surface area contributed by atoms with Crippen molar-refractivity contribution in [3.05, 3.63) is 11.7 Å². The molecule has 0 amide bonds. The third-order valence-electron chi connectivity index (χ3n) is 1.85. The van der Waals surface area contributed by atoms with Crippen LogP contribution >= 0.6 is 11.8 Å². The van der Waals surface area contributed by atoms with E-state index in [9.17, 15) is 0 Å². The van der Waals surface area contributed by atoms with Crippen molar-refractivity contribution in [3.63, 3.8) is 0 Å². The van der Waals surface area contributed by atoms with Crippen molar-refractivity contribution < 1.29 is 4.52 Å². The van der Waals surface area contributed by atoms with Gasteiger partial charge in [-0.15, -0.1) is 0 Å². The lowest BCUT2D eigenvalue weighted by atomic mass is 10.2. The van der Waals surface area contributed by atoms with Gasteiger partial charge >= 0.3 is 0 Å². The molecule has 0 aromatic carbocycles. The molecule has 0 spiro atoms. The van der Waals surface area contributed by atoms with Gasteiger partial charge in [-0.05, 0) is 6.92 Å². The minimum Gasteiger partial charge on any atom is -0.338 e. The van der Waals surface area contributed by atoms with E-state index in [2.05, 4.69) is 10.1 Å². The fourth-order valence-corrected chi connectivity index (χ4v) is 1.75. The Balaban J connectivity index is 2.12. The summed E-state index contributed by atoms with van der Waals surface area (Å²) in [4.78, 5) is 4.22. The third-order valence-corrected chi connectivity index (χ3v) is 3.13. The second-order valence-electron chi connectivity index (χ2n) is 3.01. The highest BCUT2D eigenvalue weighted by molar-refractivity contribution is 8.00. The zero-order valence-electron chi connectivity index (χ0n) is 6.86. The van der Waals surface area contributed by atoms with Gasteiger partial charge < -0.3 is 10.3 Å². The summed E-state index contributed by atoms with van der Waals surface area (Å²) in [6, 6.07) is -0.154. The van der Waals surface area contributed by atoms with Crippen LogP contribution in [0.2, 0.25) is 0 Å². The third kappa shape index (κ3) is 1.34. The summed E-state index contributed by atoms with van der Waals surface area (Å²) in [5.74, 6) is 4.07. The smallest absolute Gasteiger partial charge is 0.243 e. The Morgan fingerprint density at radius 2 is 2.42 bits per heavy atom. The molecule has 1 atom stereocenters. The maximum absolute atomic E-state index is 5.59. The van der Waals surface area contributed by atoms with E-state index in [0.717, 1.165) is 17.3 Å². The Kier molecular flexibility index (Phi) is 2.06. The number of thioether (sulfide) groups is 1.